The molecule has 29 heavy (non-hydrogen) atoms. The third-order valence-corrected chi connectivity index (χ3v) is 5.72. The zero-order valence-corrected chi connectivity index (χ0v) is 17.7. The van der Waals surface area contributed by atoms with Crippen molar-refractivity contribution in [2.24, 2.45) is 0 Å². The number of benzene rings is 2. The number of rotatable bonds is 7. The van der Waals surface area contributed by atoms with E-state index < -0.39 is 0 Å². The van der Waals surface area contributed by atoms with Crippen molar-refractivity contribution < 1.29 is 9.47 Å². The number of hydrogen-bond acceptors (Lipinski definition) is 5. The van der Waals surface area contributed by atoms with Gasteiger partial charge in [0.1, 0.15) is 17.8 Å². The second kappa shape index (κ2) is 9.03. The number of nitrogens with zero attached hydrogens (tertiary/aromatic N) is 4. The summed E-state index contributed by atoms with van der Waals surface area (Å²) >= 11 is 6.49. The Morgan fingerprint density at radius 1 is 1.07 bits per heavy atom. The van der Waals surface area contributed by atoms with Crippen molar-refractivity contribution >= 4 is 22.6 Å². The van der Waals surface area contributed by atoms with Gasteiger partial charge in [0.25, 0.3) is 0 Å². The summed E-state index contributed by atoms with van der Waals surface area (Å²) < 4.78 is 13.2. The van der Waals surface area contributed by atoms with Crippen molar-refractivity contribution in [2.75, 3.05) is 53.5 Å². The molecule has 1 aliphatic heterocycles. The van der Waals surface area contributed by atoms with Crippen LogP contribution in [0.5, 0.6) is 11.5 Å². The molecule has 1 fully saturated rings. The van der Waals surface area contributed by atoms with Gasteiger partial charge in [0.2, 0.25) is 0 Å². The van der Waals surface area contributed by atoms with Crippen LogP contribution in [0.2, 0.25) is 5.02 Å². The Hall–Kier alpha value is -2.28. The Bertz CT molecular complexity index is 967. The number of aromatic nitrogens is 2. The van der Waals surface area contributed by atoms with Crippen molar-refractivity contribution in [1.82, 2.24) is 19.4 Å². The molecular weight excluding hydrogens is 388 g/mol. The minimum atomic E-state index is 0.609. The lowest BCUT2D eigenvalue weighted by Crippen LogP contribution is -2.44. The second-order valence-corrected chi connectivity index (χ2v) is 7.84. The van der Waals surface area contributed by atoms with Crippen LogP contribution in [0.25, 0.3) is 16.7 Å². The molecule has 7 heteroatoms. The molecule has 6 nitrogen and oxygen atoms in total. The number of ether oxygens (including phenoxy) is 2. The van der Waals surface area contributed by atoms with Gasteiger partial charge in [0, 0.05) is 44.5 Å². The van der Waals surface area contributed by atoms with Crippen LogP contribution in [0.1, 0.15) is 6.42 Å². The molecule has 4 rings (SSSR count). The average Bonchev–Trinajstić information content (AvgIpc) is 3.16. The molecule has 0 unspecified atom stereocenters. The fraction of sp³-hybridized carbons (Fsp3) is 0.409. The minimum absolute atomic E-state index is 0.609. The molecule has 2 heterocycles. The molecule has 154 valence electrons. The van der Waals surface area contributed by atoms with Crippen LogP contribution in [0.15, 0.2) is 42.7 Å². The molecule has 3 aromatic rings. The monoisotopic (exact) mass is 414 g/mol. The van der Waals surface area contributed by atoms with Gasteiger partial charge in [-0.15, -0.1) is 0 Å². The van der Waals surface area contributed by atoms with E-state index in [1.54, 1.807) is 13.4 Å². The predicted molar refractivity (Wildman–Crippen MR) is 117 cm³/mol. The highest BCUT2D eigenvalue weighted by atomic mass is 35.5. The summed E-state index contributed by atoms with van der Waals surface area (Å²) in [5.74, 6) is 1.51. The van der Waals surface area contributed by atoms with Crippen molar-refractivity contribution in [2.45, 2.75) is 6.42 Å². The van der Waals surface area contributed by atoms with Crippen molar-refractivity contribution in [3.8, 4) is 17.2 Å². The fourth-order valence-electron chi connectivity index (χ4n) is 3.62. The van der Waals surface area contributed by atoms with Crippen LogP contribution < -0.4 is 9.47 Å². The normalized spacial score (nSPS) is 15.7. The smallest absolute Gasteiger partial charge is 0.138 e. The summed E-state index contributed by atoms with van der Waals surface area (Å²) in [5.41, 5.74) is 2.83. The molecule has 1 aromatic heterocycles. The Morgan fingerprint density at radius 3 is 2.66 bits per heavy atom. The Morgan fingerprint density at radius 2 is 1.90 bits per heavy atom. The molecule has 1 aliphatic rings. The summed E-state index contributed by atoms with van der Waals surface area (Å²) in [7, 11) is 3.83. The number of fused-ring (bicyclic) bond motifs is 1. The first kappa shape index (κ1) is 20.0. The SMILES string of the molecule is COc1ccc2c(c1)ncn2-c1ccc(OCCCN2CCN(C)CC2)c(Cl)c1. The molecule has 0 N–H and O–H groups in total. The van der Waals surface area contributed by atoms with Gasteiger partial charge >= 0.3 is 0 Å². The maximum atomic E-state index is 6.49. The molecule has 0 spiro atoms. The molecule has 0 saturated carbocycles. The number of halogens is 1. The third kappa shape index (κ3) is 4.66. The first-order valence-electron chi connectivity index (χ1n) is 9.99. The summed E-state index contributed by atoms with van der Waals surface area (Å²) in [4.78, 5) is 9.33. The summed E-state index contributed by atoms with van der Waals surface area (Å²) in [6.07, 6.45) is 2.79. The van der Waals surface area contributed by atoms with E-state index in [1.807, 2.05) is 41.0 Å². The highest BCUT2D eigenvalue weighted by Crippen LogP contribution is 2.29. The molecule has 0 atom stereocenters. The summed E-state index contributed by atoms with van der Waals surface area (Å²) in [5, 5.41) is 0.609. The number of likely N-dealkylation sites (N-methyl/N-ethyl adjacent to an activating group) is 1. The van der Waals surface area contributed by atoms with Crippen LogP contribution in [-0.2, 0) is 0 Å². The van der Waals surface area contributed by atoms with E-state index >= 15 is 0 Å². The molecule has 2 aromatic carbocycles. The number of methoxy groups -OCH3 is 1. The second-order valence-electron chi connectivity index (χ2n) is 7.43. The van der Waals surface area contributed by atoms with Gasteiger partial charge in [-0.2, -0.15) is 0 Å². The van der Waals surface area contributed by atoms with Gasteiger partial charge in [-0.25, -0.2) is 4.98 Å². The third-order valence-electron chi connectivity index (χ3n) is 5.42. The highest BCUT2D eigenvalue weighted by Gasteiger charge is 2.13. The fourth-order valence-corrected chi connectivity index (χ4v) is 3.85. The van der Waals surface area contributed by atoms with E-state index in [-0.39, 0.29) is 0 Å². The van der Waals surface area contributed by atoms with E-state index in [0.29, 0.717) is 11.6 Å². The lowest BCUT2D eigenvalue weighted by molar-refractivity contribution is 0.145. The Balaban J connectivity index is 1.37. The predicted octanol–water partition coefficient (Wildman–Crippen LogP) is 3.70. The first-order valence-corrected chi connectivity index (χ1v) is 10.4. The van der Waals surface area contributed by atoms with E-state index in [2.05, 4.69) is 21.8 Å². The van der Waals surface area contributed by atoms with E-state index in [9.17, 15) is 0 Å². The van der Waals surface area contributed by atoms with Crippen LogP contribution >= 0.6 is 11.6 Å². The quantitative estimate of drug-likeness (QED) is 0.551. The maximum absolute atomic E-state index is 6.49. The largest absolute Gasteiger partial charge is 0.497 e. The van der Waals surface area contributed by atoms with Crippen molar-refractivity contribution in [1.29, 1.82) is 0 Å². The van der Waals surface area contributed by atoms with Crippen LogP contribution in [0.4, 0.5) is 0 Å². The summed E-state index contributed by atoms with van der Waals surface area (Å²) in [6.45, 7) is 6.29. The van der Waals surface area contributed by atoms with Gasteiger partial charge in [0.15, 0.2) is 0 Å². The molecule has 0 radical (unpaired) electrons. The van der Waals surface area contributed by atoms with Gasteiger partial charge in [-0.3, -0.25) is 4.57 Å². The molecule has 1 saturated heterocycles. The minimum Gasteiger partial charge on any atom is -0.497 e. The average molecular weight is 415 g/mol. The Labute approximate surface area is 176 Å². The van der Waals surface area contributed by atoms with Gasteiger partial charge in [0.05, 0.1) is 29.8 Å². The summed E-state index contributed by atoms with van der Waals surface area (Å²) in [6, 6.07) is 11.7. The van der Waals surface area contributed by atoms with E-state index in [4.69, 9.17) is 21.1 Å². The zero-order valence-electron chi connectivity index (χ0n) is 17.0. The van der Waals surface area contributed by atoms with Crippen LogP contribution in [0, 0.1) is 0 Å². The number of piperazine rings is 1. The van der Waals surface area contributed by atoms with Crippen LogP contribution in [0.3, 0.4) is 0 Å². The number of hydrogen-bond donors (Lipinski definition) is 0. The number of imidazole rings is 1. The van der Waals surface area contributed by atoms with Gasteiger partial charge < -0.3 is 19.3 Å². The zero-order chi connectivity index (χ0) is 20.2. The maximum Gasteiger partial charge on any atom is 0.138 e. The van der Waals surface area contributed by atoms with Gasteiger partial charge in [-0.05, 0) is 43.8 Å². The lowest BCUT2D eigenvalue weighted by atomic mass is 10.2. The van der Waals surface area contributed by atoms with Crippen LogP contribution in [-0.4, -0.2) is 72.8 Å². The highest BCUT2D eigenvalue weighted by molar-refractivity contribution is 6.32. The van der Waals surface area contributed by atoms with Gasteiger partial charge in [-0.1, -0.05) is 11.6 Å². The first-order chi connectivity index (χ1) is 14.1. The van der Waals surface area contributed by atoms with E-state index in [0.717, 1.165) is 67.4 Å². The standard InChI is InChI=1S/C22H27ClN4O2/c1-25-9-11-26(12-10-25)8-3-13-29-22-7-4-17(14-19(22)23)27-16-24-20-15-18(28-2)5-6-21(20)27/h4-7,14-16H,3,8-13H2,1-2H3. The Kier molecular flexibility index (Phi) is 6.23. The van der Waals surface area contributed by atoms with Crippen molar-refractivity contribution in [3.05, 3.63) is 47.7 Å². The van der Waals surface area contributed by atoms with Crippen molar-refractivity contribution in [3.63, 3.8) is 0 Å². The lowest BCUT2D eigenvalue weighted by Gasteiger charge is -2.32. The molecule has 0 amide bonds. The molecular formula is C22H27ClN4O2. The van der Waals surface area contributed by atoms with E-state index in [1.165, 1.54) is 0 Å². The molecule has 0 bridgehead atoms. The molecule has 0 aliphatic carbocycles. The topological polar surface area (TPSA) is 42.8 Å².